The Balaban J connectivity index is 2.01. The van der Waals surface area contributed by atoms with E-state index in [1.807, 2.05) is 6.92 Å². The summed E-state index contributed by atoms with van der Waals surface area (Å²) in [5.74, 6) is 0.746. The van der Waals surface area contributed by atoms with Crippen LogP contribution in [0.2, 0.25) is 0 Å². The maximum absolute atomic E-state index is 12.9. The van der Waals surface area contributed by atoms with Crippen LogP contribution in [0.4, 0.5) is 0 Å². The summed E-state index contributed by atoms with van der Waals surface area (Å²) in [6.45, 7) is 8.84. The van der Waals surface area contributed by atoms with Crippen LogP contribution in [0.15, 0.2) is 11.1 Å². The molecule has 4 atom stereocenters. The van der Waals surface area contributed by atoms with Crippen molar-refractivity contribution in [1.29, 1.82) is 0 Å². The molecule has 3 aliphatic carbocycles. The van der Waals surface area contributed by atoms with Crippen LogP contribution in [0, 0.1) is 22.2 Å². The molecule has 0 aliphatic heterocycles. The zero-order chi connectivity index (χ0) is 17.0. The number of allylic oxidation sites excluding steroid dienone is 2. The maximum atomic E-state index is 12.9. The van der Waals surface area contributed by atoms with E-state index in [4.69, 9.17) is 0 Å². The average Bonchev–Trinajstić information content (AvgIpc) is 2.48. The van der Waals surface area contributed by atoms with Crippen molar-refractivity contribution in [3.63, 3.8) is 0 Å². The fourth-order valence-corrected chi connectivity index (χ4v) is 5.86. The second-order valence-electron chi connectivity index (χ2n) is 9.43. The number of hydrogen-bond donors (Lipinski definition) is 2. The second kappa shape index (κ2) is 5.42. The number of fused-ring (bicyclic) bond motifs is 2. The van der Waals surface area contributed by atoms with Crippen LogP contribution in [0.3, 0.4) is 0 Å². The lowest BCUT2D eigenvalue weighted by molar-refractivity contribution is -0.123. The van der Waals surface area contributed by atoms with Gasteiger partial charge in [-0.25, -0.2) is 0 Å². The van der Waals surface area contributed by atoms with E-state index in [2.05, 4.69) is 20.8 Å². The lowest BCUT2D eigenvalue weighted by Crippen LogP contribution is -2.50. The van der Waals surface area contributed by atoms with E-state index in [1.54, 1.807) is 0 Å². The maximum Gasteiger partial charge on any atom is 0.159 e. The van der Waals surface area contributed by atoms with Crippen molar-refractivity contribution in [2.45, 2.75) is 78.7 Å². The standard InChI is InChI=1S/C20H32O3/c1-18(2)7-5-8-20(4)14-6-9-19(3,17(23)12-21)11-13(14)15(22)10-16(18)20/h16-17,21,23H,5-12H2,1-4H3/t16-,17+,19+,20+/m0/s1. The third kappa shape index (κ3) is 2.51. The number of Topliss-reactive ketones (excluding diaryl/α,β-unsaturated/α-hetero) is 1. The number of rotatable bonds is 2. The molecule has 0 aromatic carbocycles. The highest BCUT2D eigenvalue weighted by Crippen LogP contribution is 2.62. The van der Waals surface area contributed by atoms with E-state index in [-0.39, 0.29) is 22.9 Å². The number of aliphatic hydroxyl groups excluding tert-OH is 2. The van der Waals surface area contributed by atoms with Crippen molar-refractivity contribution in [3.05, 3.63) is 11.1 Å². The Morgan fingerprint density at radius 2 is 1.87 bits per heavy atom. The molecule has 0 radical (unpaired) electrons. The third-order valence-electron chi connectivity index (χ3n) is 7.51. The van der Waals surface area contributed by atoms with Gasteiger partial charge in [0.05, 0.1) is 12.7 Å². The van der Waals surface area contributed by atoms with Crippen LogP contribution >= 0.6 is 0 Å². The summed E-state index contributed by atoms with van der Waals surface area (Å²) in [4.78, 5) is 12.9. The first kappa shape index (κ1) is 17.2. The number of carbonyl (C=O) groups excluding carboxylic acids is 1. The van der Waals surface area contributed by atoms with Crippen molar-refractivity contribution in [1.82, 2.24) is 0 Å². The molecule has 3 nitrogen and oxygen atoms in total. The highest BCUT2D eigenvalue weighted by molar-refractivity contribution is 5.98. The molecule has 130 valence electrons. The molecular formula is C20H32O3. The normalized spacial score (nSPS) is 41.3. The minimum atomic E-state index is -0.738. The van der Waals surface area contributed by atoms with E-state index >= 15 is 0 Å². The van der Waals surface area contributed by atoms with Crippen LogP contribution in [0.1, 0.15) is 72.6 Å². The molecule has 0 spiro atoms. The van der Waals surface area contributed by atoms with E-state index in [1.165, 1.54) is 24.8 Å². The van der Waals surface area contributed by atoms with Crippen molar-refractivity contribution in [2.24, 2.45) is 22.2 Å². The van der Waals surface area contributed by atoms with Gasteiger partial charge in [0.15, 0.2) is 5.78 Å². The van der Waals surface area contributed by atoms with Gasteiger partial charge in [0.25, 0.3) is 0 Å². The zero-order valence-corrected chi connectivity index (χ0v) is 15.1. The number of ketones is 1. The van der Waals surface area contributed by atoms with Crippen LogP contribution in [-0.2, 0) is 4.79 Å². The van der Waals surface area contributed by atoms with Gasteiger partial charge >= 0.3 is 0 Å². The molecule has 0 heterocycles. The summed E-state index contributed by atoms with van der Waals surface area (Å²) in [6, 6.07) is 0. The molecule has 0 bridgehead atoms. The topological polar surface area (TPSA) is 57.5 Å². The fraction of sp³-hybridized carbons (Fsp3) is 0.850. The van der Waals surface area contributed by atoms with Crippen molar-refractivity contribution < 1.29 is 15.0 Å². The van der Waals surface area contributed by atoms with Gasteiger partial charge in [-0.1, -0.05) is 39.7 Å². The van der Waals surface area contributed by atoms with Gasteiger partial charge in [0.1, 0.15) is 0 Å². The minimum Gasteiger partial charge on any atom is -0.394 e. The molecule has 0 aromatic rings. The largest absolute Gasteiger partial charge is 0.394 e. The smallest absolute Gasteiger partial charge is 0.159 e. The first-order valence-corrected chi connectivity index (χ1v) is 9.19. The fourth-order valence-electron chi connectivity index (χ4n) is 5.86. The molecule has 3 heteroatoms. The highest BCUT2D eigenvalue weighted by atomic mass is 16.3. The van der Waals surface area contributed by atoms with Crippen LogP contribution in [-0.4, -0.2) is 28.7 Å². The van der Waals surface area contributed by atoms with E-state index in [9.17, 15) is 15.0 Å². The SMILES string of the molecule is CC1(C)CCC[C@]2(C)C3=C(C[C@](C)([C@H](O)CO)CC3)C(=O)C[C@@H]12. The second-order valence-corrected chi connectivity index (χ2v) is 9.43. The average molecular weight is 320 g/mol. The molecule has 1 saturated carbocycles. The molecule has 1 fully saturated rings. The first-order valence-electron chi connectivity index (χ1n) is 9.19. The van der Waals surface area contributed by atoms with Crippen LogP contribution in [0.5, 0.6) is 0 Å². The van der Waals surface area contributed by atoms with Crippen LogP contribution in [0.25, 0.3) is 0 Å². The van der Waals surface area contributed by atoms with Gasteiger partial charge in [-0.05, 0) is 54.4 Å². The van der Waals surface area contributed by atoms with Gasteiger partial charge in [-0.3, -0.25) is 4.79 Å². The Kier molecular flexibility index (Phi) is 4.04. The Morgan fingerprint density at radius 3 is 2.52 bits per heavy atom. The van der Waals surface area contributed by atoms with Gasteiger partial charge in [0.2, 0.25) is 0 Å². The molecule has 0 unspecified atom stereocenters. The predicted molar refractivity (Wildman–Crippen MR) is 90.9 cm³/mol. The van der Waals surface area contributed by atoms with E-state index < -0.39 is 6.10 Å². The Hall–Kier alpha value is -0.670. The zero-order valence-electron chi connectivity index (χ0n) is 15.1. The van der Waals surface area contributed by atoms with Gasteiger partial charge in [0, 0.05) is 11.8 Å². The molecular weight excluding hydrogens is 288 g/mol. The summed E-state index contributed by atoms with van der Waals surface area (Å²) in [5, 5.41) is 19.6. The minimum absolute atomic E-state index is 0.149. The lowest BCUT2D eigenvalue weighted by Gasteiger charge is -2.57. The van der Waals surface area contributed by atoms with Crippen molar-refractivity contribution in [2.75, 3.05) is 6.61 Å². The lowest BCUT2D eigenvalue weighted by atomic mass is 9.47. The van der Waals surface area contributed by atoms with Gasteiger partial charge < -0.3 is 10.2 Å². The van der Waals surface area contributed by atoms with Gasteiger partial charge in [-0.15, -0.1) is 0 Å². The molecule has 3 aliphatic rings. The molecule has 0 aromatic heterocycles. The monoisotopic (exact) mass is 320 g/mol. The molecule has 0 amide bonds. The summed E-state index contributed by atoms with van der Waals surface area (Å²) in [5.41, 5.74) is 2.39. The summed E-state index contributed by atoms with van der Waals surface area (Å²) in [7, 11) is 0. The highest BCUT2D eigenvalue weighted by Gasteiger charge is 2.54. The Bertz CT molecular complexity index is 547. The molecule has 2 N–H and O–H groups in total. The van der Waals surface area contributed by atoms with E-state index in [0.717, 1.165) is 18.4 Å². The summed E-state index contributed by atoms with van der Waals surface area (Å²) >= 11 is 0. The quantitative estimate of drug-likeness (QED) is 0.817. The predicted octanol–water partition coefficient (Wildman–Crippen LogP) is 3.63. The van der Waals surface area contributed by atoms with E-state index in [0.29, 0.717) is 24.5 Å². The number of aliphatic hydroxyl groups is 2. The van der Waals surface area contributed by atoms with Crippen molar-refractivity contribution in [3.8, 4) is 0 Å². The van der Waals surface area contributed by atoms with Gasteiger partial charge in [-0.2, -0.15) is 0 Å². The van der Waals surface area contributed by atoms with Crippen molar-refractivity contribution >= 4 is 5.78 Å². The number of hydrogen-bond acceptors (Lipinski definition) is 3. The Labute approximate surface area is 140 Å². The summed E-state index contributed by atoms with van der Waals surface area (Å²) in [6.07, 6.45) is 5.95. The Morgan fingerprint density at radius 1 is 1.17 bits per heavy atom. The first-order chi connectivity index (χ1) is 10.6. The molecule has 3 rings (SSSR count). The number of carbonyl (C=O) groups is 1. The molecule has 23 heavy (non-hydrogen) atoms. The molecule has 0 saturated heterocycles. The summed E-state index contributed by atoms with van der Waals surface area (Å²) < 4.78 is 0. The third-order valence-corrected chi connectivity index (χ3v) is 7.51. The van der Waals surface area contributed by atoms with Crippen LogP contribution < -0.4 is 0 Å².